The number of carboxylic acids is 1. The second-order valence-electron chi connectivity index (χ2n) is 5.79. The molecule has 4 N–H and O–H groups in total. The van der Waals surface area contributed by atoms with Gasteiger partial charge in [0.15, 0.2) is 0 Å². The van der Waals surface area contributed by atoms with Crippen LogP contribution in [0.1, 0.15) is 25.7 Å². The van der Waals surface area contributed by atoms with E-state index in [9.17, 15) is 14.4 Å². The molecule has 0 aliphatic heterocycles. The van der Waals surface area contributed by atoms with Gasteiger partial charge in [-0.25, -0.2) is 4.79 Å². The highest BCUT2D eigenvalue weighted by atomic mass is 16.4. The number of aliphatic carboxylic acids is 1. The molecule has 22 heavy (non-hydrogen) atoms. The largest absolute Gasteiger partial charge is 0.480 e. The number of carbonyl (C=O) groups excluding carboxylic acids is 2. The molecule has 2 aliphatic carbocycles. The zero-order valence-corrected chi connectivity index (χ0v) is 11.9. The number of nitrogens with one attached hydrogen (secondary N) is 3. The van der Waals surface area contributed by atoms with Gasteiger partial charge in [0.1, 0.15) is 5.41 Å². The van der Waals surface area contributed by atoms with E-state index in [0.29, 0.717) is 24.2 Å². The van der Waals surface area contributed by atoms with Gasteiger partial charge in [-0.1, -0.05) is 0 Å². The van der Waals surface area contributed by atoms with Crippen molar-refractivity contribution < 1.29 is 19.5 Å². The summed E-state index contributed by atoms with van der Waals surface area (Å²) in [5.41, 5.74) is -0.151. The zero-order chi connectivity index (χ0) is 15.7. The third-order valence-electron chi connectivity index (χ3n) is 3.91. The van der Waals surface area contributed by atoms with Crippen molar-refractivity contribution >= 4 is 29.3 Å². The van der Waals surface area contributed by atoms with Crippen molar-refractivity contribution in [1.82, 2.24) is 5.32 Å². The van der Waals surface area contributed by atoms with Gasteiger partial charge >= 0.3 is 12.0 Å². The molecule has 1 aromatic rings. The lowest BCUT2D eigenvalue weighted by atomic mass is 10.1. The quantitative estimate of drug-likeness (QED) is 0.622. The van der Waals surface area contributed by atoms with E-state index >= 15 is 0 Å². The van der Waals surface area contributed by atoms with Gasteiger partial charge in [0.25, 0.3) is 0 Å². The maximum atomic E-state index is 12.0. The van der Waals surface area contributed by atoms with Gasteiger partial charge in [0.2, 0.25) is 5.91 Å². The molecule has 2 aliphatic rings. The molecule has 0 atom stereocenters. The monoisotopic (exact) mass is 303 g/mol. The van der Waals surface area contributed by atoms with E-state index in [1.54, 1.807) is 24.3 Å². The highest BCUT2D eigenvalue weighted by Crippen LogP contribution is 2.46. The van der Waals surface area contributed by atoms with Crippen LogP contribution in [-0.2, 0) is 9.59 Å². The summed E-state index contributed by atoms with van der Waals surface area (Å²) in [5.74, 6) is -1.58. The van der Waals surface area contributed by atoms with Crippen LogP contribution in [0.5, 0.6) is 0 Å². The van der Waals surface area contributed by atoms with E-state index in [0.717, 1.165) is 12.8 Å². The second-order valence-corrected chi connectivity index (χ2v) is 5.79. The normalized spacial score (nSPS) is 18.2. The maximum Gasteiger partial charge on any atom is 0.319 e. The highest BCUT2D eigenvalue weighted by Gasteiger charge is 2.57. The average Bonchev–Trinajstić information content (AvgIpc) is 3.34. The van der Waals surface area contributed by atoms with E-state index in [1.807, 2.05) is 0 Å². The Labute approximate surface area is 127 Å². The molecule has 0 radical (unpaired) electrons. The summed E-state index contributed by atoms with van der Waals surface area (Å²) in [4.78, 5) is 34.6. The number of anilines is 2. The Morgan fingerprint density at radius 3 is 2.00 bits per heavy atom. The molecular weight excluding hydrogens is 286 g/mol. The highest BCUT2D eigenvalue weighted by molar-refractivity contribution is 6.10. The van der Waals surface area contributed by atoms with Crippen LogP contribution in [-0.4, -0.2) is 29.1 Å². The fraction of sp³-hybridized carbons (Fsp3) is 0.400. The summed E-state index contributed by atoms with van der Waals surface area (Å²) in [6.07, 6.45) is 2.78. The molecule has 0 saturated heterocycles. The number of benzene rings is 1. The Morgan fingerprint density at radius 2 is 1.55 bits per heavy atom. The molecule has 2 saturated carbocycles. The van der Waals surface area contributed by atoms with Crippen LogP contribution in [0.15, 0.2) is 24.3 Å². The van der Waals surface area contributed by atoms with Crippen molar-refractivity contribution in [1.29, 1.82) is 0 Å². The summed E-state index contributed by atoms with van der Waals surface area (Å²) in [6, 6.07) is 6.60. The minimum absolute atomic E-state index is 0.248. The Balaban J connectivity index is 1.56. The Bertz CT molecular complexity index is 618. The van der Waals surface area contributed by atoms with Gasteiger partial charge in [0.05, 0.1) is 0 Å². The summed E-state index contributed by atoms with van der Waals surface area (Å²) in [6.45, 7) is 0. The zero-order valence-electron chi connectivity index (χ0n) is 11.9. The molecule has 7 nitrogen and oxygen atoms in total. The first kappa shape index (κ1) is 14.4. The molecule has 0 spiro atoms. The summed E-state index contributed by atoms with van der Waals surface area (Å²) in [7, 11) is 0. The Hall–Kier alpha value is -2.57. The topological polar surface area (TPSA) is 108 Å². The summed E-state index contributed by atoms with van der Waals surface area (Å²) in [5, 5.41) is 17.2. The van der Waals surface area contributed by atoms with Crippen molar-refractivity contribution in [2.24, 2.45) is 5.41 Å². The van der Waals surface area contributed by atoms with E-state index in [-0.39, 0.29) is 12.1 Å². The number of hydrogen-bond acceptors (Lipinski definition) is 3. The Kier molecular flexibility index (Phi) is 3.48. The van der Waals surface area contributed by atoms with Crippen LogP contribution in [0.2, 0.25) is 0 Å². The van der Waals surface area contributed by atoms with E-state index < -0.39 is 17.3 Å². The smallest absolute Gasteiger partial charge is 0.319 e. The van der Waals surface area contributed by atoms with Crippen LogP contribution in [0.25, 0.3) is 0 Å². The van der Waals surface area contributed by atoms with Crippen LogP contribution < -0.4 is 16.0 Å². The van der Waals surface area contributed by atoms with Crippen LogP contribution >= 0.6 is 0 Å². The van der Waals surface area contributed by atoms with Gasteiger partial charge in [-0.3, -0.25) is 9.59 Å². The van der Waals surface area contributed by atoms with Gasteiger partial charge in [-0.15, -0.1) is 0 Å². The molecule has 0 heterocycles. The van der Waals surface area contributed by atoms with Gasteiger partial charge in [-0.05, 0) is 49.9 Å². The first-order valence-electron chi connectivity index (χ1n) is 7.22. The number of carboxylic acid groups (broad SMARTS) is 1. The standard InChI is InChI=1S/C15H17N3O4/c19-12(15(7-8-15)13(20)21)16-9-1-3-10(4-2-9)17-14(22)18-11-5-6-11/h1-4,11H,5-8H2,(H,16,19)(H,20,21)(H2,17,18,22). The third kappa shape index (κ3) is 3.03. The first-order chi connectivity index (χ1) is 10.5. The minimum atomic E-state index is -1.26. The SMILES string of the molecule is O=C(Nc1ccc(NC(=O)C2(C(=O)O)CC2)cc1)NC1CC1. The van der Waals surface area contributed by atoms with E-state index in [1.165, 1.54) is 0 Å². The van der Waals surface area contributed by atoms with Crippen molar-refractivity contribution in [3.05, 3.63) is 24.3 Å². The number of urea groups is 1. The molecule has 0 aromatic heterocycles. The molecule has 3 amide bonds. The second kappa shape index (κ2) is 5.32. The molecule has 3 rings (SSSR count). The number of rotatable bonds is 5. The fourth-order valence-electron chi connectivity index (χ4n) is 2.13. The molecule has 2 fully saturated rings. The summed E-state index contributed by atoms with van der Waals surface area (Å²) < 4.78 is 0. The van der Waals surface area contributed by atoms with Gasteiger partial charge < -0.3 is 21.1 Å². The predicted molar refractivity (Wildman–Crippen MR) is 79.6 cm³/mol. The average molecular weight is 303 g/mol. The van der Waals surface area contributed by atoms with E-state index in [2.05, 4.69) is 16.0 Å². The minimum Gasteiger partial charge on any atom is -0.480 e. The maximum absolute atomic E-state index is 12.0. The first-order valence-corrected chi connectivity index (χ1v) is 7.22. The van der Waals surface area contributed by atoms with Gasteiger partial charge in [0, 0.05) is 17.4 Å². The predicted octanol–water partition coefficient (Wildman–Crippen LogP) is 1.77. The molecule has 0 bridgehead atoms. The van der Waals surface area contributed by atoms with Crippen molar-refractivity contribution in [3.8, 4) is 0 Å². The van der Waals surface area contributed by atoms with Crippen molar-refractivity contribution in [3.63, 3.8) is 0 Å². The number of hydrogen-bond donors (Lipinski definition) is 4. The van der Waals surface area contributed by atoms with Crippen molar-refractivity contribution in [2.45, 2.75) is 31.7 Å². The molecular formula is C15H17N3O4. The number of carbonyl (C=O) groups is 3. The lowest BCUT2D eigenvalue weighted by Gasteiger charge is -2.11. The molecule has 0 unspecified atom stereocenters. The van der Waals surface area contributed by atoms with Crippen molar-refractivity contribution in [2.75, 3.05) is 10.6 Å². The van der Waals surface area contributed by atoms with Crippen LogP contribution in [0, 0.1) is 5.41 Å². The van der Waals surface area contributed by atoms with Gasteiger partial charge in [-0.2, -0.15) is 0 Å². The third-order valence-corrected chi connectivity index (χ3v) is 3.91. The lowest BCUT2D eigenvalue weighted by molar-refractivity contribution is -0.147. The molecule has 1 aromatic carbocycles. The lowest BCUT2D eigenvalue weighted by Crippen LogP contribution is -2.31. The molecule has 116 valence electrons. The number of amides is 3. The van der Waals surface area contributed by atoms with E-state index in [4.69, 9.17) is 5.11 Å². The molecule has 7 heteroatoms. The Morgan fingerprint density at radius 1 is 1.00 bits per heavy atom. The van der Waals surface area contributed by atoms with Crippen LogP contribution in [0.3, 0.4) is 0 Å². The fourth-order valence-corrected chi connectivity index (χ4v) is 2.13. The van der Waals surface area contributed by atoms with Crippen LogP contribution in [0.4, 0.5) is 16.2 Å². The summed E-state index contributed by atoms with van der Waals surface area (Å²) >= 11 is 0.